The zero-order valence-electron chi connectivity index (χ0n) is 14.9. The second-order valence-corrected chi connectivity index (χ2v) is 6.12. The standard InChI is InChI=1S/C22H18O5/c1-2-5-20(25)27-11-4-6-14-9-10-18-21-16(14)7-3-8-17(21)19(24)12-15(13-23)22(18)26/h3,7-10,12,23H,2,5,11,13H2,1H3. The zero-order valence-corrected chi connectivity index (χ0v) is 14.9. The average molecular weight is 362 g/mol. The molecule has 27 heavy (non-hydrogen) atoms. The maximum atomic E-state index is 12.6. The summed E-state index contributed by atoms with van der Waals surface area (Å²) in [7, 11) is 0. The number of aliphatic hydroxyl groups excluding tert-OH is 1. The first-order chi connectivity index (χ1) is 13.1. The van der Waals surface area contributed by atoms with Crippen molar-refractivity contribution in [2.24, 2.45) is 0 Å². The van der Waals surface area contributed by atoms with E-state index in [0.29, 0.717) is 40.3 Å². The van der Waals surface area contributed by atoms with E-state index in [2.05, 4.69) is 11.8 Å². The van der Waals surface area contributed by atoms with Crippen LogP contribution in [-0.2, 0) is 9.53 Å². The van der Waals surface area contributed by atoms with Gasteiger partial charge < -0.3 is 9.84 Å². The zero-order chi connectivity index (χ0) is 19.4. The van der Waals surface area contributed by atoms with E-state index in [9.17, 15) is 19.5 Å². The quantitative estimate of drug-likeness (QED) is 0.668. The number of ketones is 2. The lowest BCUT2D eigenvalue weighted by Gasteiger charge is -2.09. The van der Waals surface area contributed by atoms with Crippen molar-refractivity contribution in [2.45, 2.75) is 19.8 Å². The van der Waals surface area contributed by atoms with Gasteiger partial charge in [-0.2, -0.15) is 0 Å². The van der Waals surface area contributed by atoms with Crippen LogP contribution in [0.2, 0.25) is 0 Å². The summed E-state index contributed by atoms with van der Waals surface area (Å²) in [5, 5.41) is 10.6. The third-order valence-corrected chi connectivity index (χ3v) is 4.30. The molecule has 0 bridgehead atoms. The Bertz CT molecular complexity index is 1030. The Morgan fingerprint density at radius 3 is 2.70 bits per heavy atom. The molecule has 1 aliphatic carbocycles. The number of hydrogen-bond donors (Lipinski definition) is 1. The summed E-state index contributed by atoms with van der Waals surface area (Å²) < 4.78 is 5.02. The van der Waals surface area contributed by atoms with Gasteiger partial charge in [-0.25, -0.2) is 0 Å². The topological polar surface area (TPSA) is 80.7 Å². The lowest BCUT2D eigenvalue weighted by molar-refractivity contribution is -0.142. The number of allylic oxidation sites excluding steroid dienone is 1. The van der Waals surface area contributed by atoms with Crippen molar-refractivity contribution < 1.29 is 24.2 Å². The van der Waals surface area contributed by atoms with E-state index in [1.807, 2.05) is 6.92 Å². The van der Waals surface area contributed by atoms with Crippen LogP contribution in [0.1, 0.15) is 46.0 Å². The van der Waals surface area contributed by atoms with Crippen molar-refractivity contribution in [1.29, 1.82) is 0 Å². The summed E-state index contributed by atoms with van der Waals surface area (Å²) in [6, 6.07) is 8.49. The van der Waals surface area contributed by atoms with Crippen LogP contribution in [0.25, 0.3) is 10.8 Å². The predicted molar refractivity (Wildman–Crippen MR) is 101 cm³/mol. The molecule has 0 heterocycles. The second-order valence-electron chi connectivity index (χ2n) is 6.12. The Balaban J connectivity index is 2.03. The van der Waals surface area contributed by atoms with Gasteiger partial charge in [-0.3, -0.25) is 14.4 Å². The van der Waals surface area contributed by atoms with Crippen LogP contribution in [0, 0.1) is 11.8 Å². The molecule has 2 aromatic carbocycles. The fraction of sp³-hybridized carbons (Fsp3) is 0.227. The first-order valence-corrected chi connectivity index (χ1v) is 8.67. The molecule has 0 saturated carbocycles. The molecule has 2 aromatic rings. The van der Waals surface area contributed by atoms with Crippen molar-refractivity contribution in [3.63, 3.8) is 0 Å². The van der Waals surface area contributed by atoms with Crippen LogP contribution in [0.4, 0.5) is 0 Å². The molecular formula is C22H18O5. The van der Waals surface area contributed by atoms with Crippen LogP contribution in [0.3, 0.4) is 0 Å². The van der Waals surface area contributed by atoms with E-state index in [0.717, 1.165) is 0 Å². The summed E-state index contributed by atoms with van der Waals surface area (Å²) in [5.41, 5.74) is 1.47. The smallest absolute Gasteiger partial charge is 0.306 e. The average Bonchev–Trinajstić information content (AvgIpc) is 2.77. The van der Waals surface area contributed by atoms with Gasteiger partial charge in [0.1, 0.15) is 0 Å². The molecule has 0 saturated heterocycles. The molecule has 0 fully saturated rings. The third kappa shape index (κ3) is 3.67. The molecule has 1 N–H and O–H groups in total. The minimum absolute atomic E-state index is 0.0180. The minimum atomic E-state index is -0.495. The van der Waals surface area contributed by atoms with E-state index in [4.69, 9.17) is 4.74 Å². The monoisotopic (exact) mass is 362 g/mol. The molecule has 0 atom stereocenters. The van der Waals surface area contributed by atoms with Gasteiger partial charge in [-0.15, -0.1) is 0 Å². The summed E-state index contributed by atoms with van der Waals surface area (Å²) in [6.07, 6.45) is 2.26. The molecule has 0 spiro atoms. The van der Waals surface area contributed by atoms with Crippen LogP contribution in [0.15, 0.2) is 42.0 Å². The lowest BCUT2D eigenvalue weighted by atomic mass is 9.93. The highest BCUT2D eigenvalue weighted by Gasteiger charge is 2.24. The Morgan fingerprint density at radius 2 is 1.96 bits per heavy atom. The Kier molecular flexibility index (Phi) is 5.49. The molecule has 3 rings (SSSR count). The van der Waals surface area contributed by atoms with E-state index >= 15 is 0 Å². The first kappa shape index (κ1) is 18.6. The minimum Gasteiger partial charge on any atom is -0.452 e. The SMILES string of the molecule is CCCC(=O)OCC#Cc1ccc2c3c(cccc13)C(=O)C=C(CO)C2=O. The highest BCUT2D eigenvalue weighted by molar-refractivity contribution is 6.28. The number of benzene rings is 2. The molecule has 0 unspecified atom stereocenters. The summed E-state index contributed by atoms with van der Waals surface area (Å²) in [4.78, 5) is 36.5. The van der Waals surface area contributed by atoms with Gasteiger partial charge in [-0.05, 0) is 30.0 Å². The van der Waals surface area contributed by atoms with Gasteiger partial charge in [0.25, 0.3) is 0 Å². The van der Waals surface area contributed by atoms with E-state index in [1.54, 1.807) is 30.3 Å². The van der Waals surface area contributed by atoms with Crippen LogP contribution in [0.5, 0.6) is 0 Å². The molecule has 136 valence electrons. The lowest BCUT2D eigenvalue weighted by Crippen LogP contribution is -2.07. The van der Waals surface area contributed by atoms with Gasteiger partial charge in [0.2, 0.25) is 0 Å². The Labute approximate surface area is 156 Å². The molecule has 0 aromatic heterocycles. The number of aliphatic hydroxyl groups is 1. The van der Waals surface area contributed by atoms with E-state index < -0.39 is 6.61 Å². The van der Waals surface area contributed by atoms with Gasteiger partial charge >= 0.3 is 5.97 Å². The molecule has 5 nitrogen and oxygen atoms in total. The third-order valence-electron chi connectivity index (χ3n) is 4.30. The van der Waals surface area contributed by atoms with Gasteiger partial charge in [-0.1, -0.05) is 37.0 Å². The van der Waals surface area contributed by atoms with Crippen molar-refractivity contribution in [1.82, 2.24) is 0 Å². The number of carbonyl (C=O) groups excluding carboxylic acids is 3. The van der Waals surface area contributed by atoms with Crippen molar-refractivity contribution in [3.8, 4) is 11.8 Å². The van der Waals surface area contributed by atoms with E-state index in [1.165, 1.54) is 6.08 Å². The Morgan fingerprint density at radius 1 is 1.15 bits per heavy atom. The van der Waals surface area contributed by atoms with Gasteiger partial charge in [0, 0.05) is 34.1 Å². The summed E-state index contributed by atoms with van der Waals surface area (Å²) in [5.74, 6) is 4.76. The largest absolute Gasteiger partial charge is 0.452 e. The van der Waals surface area contributed by atoms with Crippen LogP contribution < -0.4 is 0 Å². The van der Waals surface area contributed by atoms with Crippen molar-refractivity contribution in [2.75, 3.05) is 13.2 Å². The number of hydrogen-bond acceptors (Lipinski definition) is 5. The second kappa shape index (κ2) is 7.98. The summed E-state index contributed by atoms with van der Waals surface area (Å²) >= 11 is 0. The van der Waals surface area contributed by atoms with Gasteiger partial charge in [0.05, 0.1) is 6.61 Å². The molecule has 1 aliphatic rings. The molecule has 5 heteroatoms. The maximum Gasteiger partial charge on any atom is 0.306 e. The molecule has 0 radical (unpaired) electrons. The molecule has 0 amide bonds. The predicted octanol–water partition coefficient (Wildman–Crippen LogP) is 2.83. The number of carbonyl (C=O) groups is 3. The van der Waals surface area contributed by atoms with Crippen molar-refractivity contribution in [3.05, 3.63) is 58.7 Å². The number of Topliss-reactive ketones (excluding diaryl/α,β-unsaturated/α-hetero) is 1. The van der Waals surface area contributed by atoms with Crippen LogP contribution in [-0.4, -0.2) is 35.9 Å². The highest BCUT2D eigenvalue weighted by Crippen LogP contribution is 2.30. The number of rotatable bonds is 4. The fourth-order valence-electron chi connectivity index (χ4n) is 3.03. The fourth-order valence-corrected chi connectivity index (χ4v) is 3.03. The van der Waals surface area contributed by atoms with Gasteiger partial charge in [0.15, 0.2) is 18.2 Å². The summed E-state index contributed by atoms with van der Waals surface area (Å²) in [6.45, 7) is 1.38. The number of ether oxygens (including phenoxy) is 1. The highest BCUT2D eigenvalue weighted by atomic mass is 16.5. The van der Waals surface area contributed by atoms with Crippen LogP contribution >= 0.6 is 0 Å². The Hall–Kier alpha value is -3.23. The maximum absolute atomic E-state index is 12.6. The molecular weight excluding hydrogens is 344 g/mol. The van der Waals surface area contributed by atoms with E-state index in [-0.39, 0.29) is 29.7 Å². The van der Waals surface area contributed by atoms with Crippen molar-refractivity contribution >= 4 is 28.3 Å². The normalized spacial score (nSPS) is 12.9. The molecule has 0 aliphatic heterocycles. The first-order valence-electron chi connectivity index (χ1n) is 8.67. The number of esters is 1.